The van der Waals surface area contributed by atoms with E-state index in [1.807, 2.05) is 0 Å². The molecule has 3 aliphatic rings. The summed E-state index contributed by atoms with van der Waals surface area (Å²) in [5, 5.41) is 0. The third-order valence-electron chi connectivity index (χ3n) is 5.62. The van der Waals surface area contributed by atoms with Crippen LogP contribution in [-0.2, 0) is 0 Å². The second kappa shape index (κ2) is 2.15. The van der Waals surface area contributed by atoms with E-state index in [-0.39, 0.29) is 0 Å². The second-order valence-corrected chi connectivity index (χ2v) is 6.71. The van der Waals surface area contributed by atoms with Gasteiger partial charge in [0.2, 0.25) is 0 Å². The van der Waals surface area contributed by atoms with E-state index >= 15 is 0 Å². The van der Waals surface area contributed by atoms with Gasteiger partial charge in [0, 0.05) is 0 Å². The lowest BCUT2D eigenvalue weighted by Crippen LogP contribution is -2.29. The molecule has 0 N–H and O–H groups in total. The molecule has 0 aromatic rings. The summed E-state index contributed by atoms with van der Waals surface area (Å²) in [4.78, 5) is 0. The van der Waals surface area contributed by atoms with Crippen molar-refractivity contribution in [3.63, 3.8) is 0 Å². The molecule has 0 heterocycles. The second-order valence-electron chi connectivity index (χ2n) is 6.71. The van der Waals surface area contributed by atoms with Crippen LogP contribution in [0, 0.1) is 16.2 Å². The van der Waals surface area contributed by atoms with Gasteiger partial charge >= 0.3 is 0 Å². The Hall–Kier alpha value is 0. The lowest BCUT2D eigenvalue weighted by atomic mass is 9.66. The summed E-state index contributed by atoms with van der Waals surface area (Å²) in [7, 11) is 0. The first kappa shape index (κ1) is 8.32. The molecule has 3 rings (SSSR count). The summed E-state index contributed by atoms with van der Waals surface area (Å²) in [5.41, 5.74) is 2.42. The minimum atomic E-state index is 0.748. The number of rotatable bonds is 2. The van der Waals surface area contributed by atoms with Crippen LogP contribution >= 0.6 is 0 Å². The summed E-state index contributed by atoms with van der Waals surface area (Å²) in [6, 6.07) is 0. The van der Waals surface area contributed by atoms with E-state index in [1.165, 1.54) is 32.1 Å². The molecule has 0 spiro atoms. The highest BCUT2D eigenvalue weighted by Gasteiger charge is 2.71. The Morgan fingerprint density at radius 2 is 1.62 bits per heavy atom. The van der Waals surface area contributed by atoms with Crippen molar-refractivity contribution in [1.29, 1.82) is 0 Å². The minimum Gasteiger partial charge on any atom is -0.0596 e. The van der Waals surface area contributed by atoms with Crippen molar-refractivity contribution in [2.75, 3.05) is 0 Å². The Kier molecular flexibility index (Phi) is 1.37. The van der Waals surface area contributed by atoms with Gasteiger partial charge in [-0.2, -0.15) is 0 Å². The average Bonchev–Trinajstić information content (AvgIpc) is 2.50. The fraction of sp³-hybridized carbons (Fsp3) is 1.00. The van der Waals surface area contributed by atoms with E-state index in [0.29, 0.717) is 0 Å². The third kappa shape index (κ3) is 0.980. The summed E-state index contributed by atoms with van der Waals surface area (Å²) < 4.78 is 0. The van der Waals surface area contributed by atoms with E-state index < -0.39 is 0 Å². The van der Waals surface area contributed by atoms with Crippen LogP contribution in [0.25, 0.3) is 0 Å². The van der Waals surface area contributed by atoms with Crippen molar-refractivity contribution in [3.05, 3.63) is 0 Å². The molecule has 0 aromatic heterocycles. The van der Waals surface area contributed by atoms with Gasteiger partial charge in [0.25, 0.3) is 0 Å². The largest absolute Gasteiger partial charge is 0.0596 e. The van der Waals surface area contributed by atoms with Crippen LogP contribution in [-0.4, -0.2) is 0 Å². The molecule has 3 fully saturated rings. The normalized spacial score (nSPS) is 51.2. The van der Waals surface area contributed by atoms with Crippen LogP contribution in [0.5, 0.6) is 0 Å². The van der Waals surface area contributed by atoms with Crippen molar-refractivity contribution < 1.29 is 0 Å². The Balaban J connectivity index is 1.70. The van der Waals surface area contributed by atoms with Crippen LogP contribution < -0.4 is 0 Å². The first-order chi connectivity index (χ1) is 6.08. The van der Waals surface area contributed by atoms with E-state index in [0.717, 1.165) is 16.2 Å². The van der Waals surface area contributed by atoms with Gasteiger partial charge in [-0.3, -0.25) is 0 Å². The standard InChI is InChI=1S/C13H22/c1-11(5-3-4-6-11)9-13-8-7-12(13,2)10-13/h3-10H2,1-2H3. The lowest BCUT2D eigenvalue weighted by Gasteiger charge is -2.39. The van der Waals surface area contributed by atoms with Gasteiger partial charge < -0.3 is 0 Å². The Morgan fingerprint density at radius 3 is 2.00 bits per heavy atom. The number of fused-ring (bicyclic) bond motifs is 1. The maximum absolute atomic E-state index is 2.55. The zero-order valence-corrected chi connectivity index (χ0v) is 9.16. The molecule has 0 radical (unpaired) electrons. The molecule has 0 amide bonds. The summed E-state index contributed by atoms with van der Waals surface area (Å²) >= 11 is 0. The van der Waals surface area contributed by atoms with Crippen molar-refractivity contribution in [1.82, 2.24) is 0 Å². The molecule has 0 saturated heterocycles. The number of hydrogen-bond acceptors (Lipinski definition) is 0. The molecule has 3 aliphatic carbocycles. The topological polar surface area (TPSA) is 0 Å². The molecule has 0 aromatic carbocycles. The summed E-state index contributed by atoms with van der Waals surface area (Å²) in [5.74, 6) is 0. The van der Waals surface area contributed by atoms with E-state index in [1.54, 1.807) is 19.3 Å². The third-order valence-corrected chi connectivity index (χ3v) is 5.62. The lowest BCUT2D eigenvalue weighted by molar-refractivity contribution is 0.114. The Labute approximate surface area is 82.1 Å². The molecule has 2 unspecified atom stereocenters. The van der Waals surface area contributed by atoms with Gasteiger partial charge in [0.05, 0.1) is 0 Å². The van der Waals surface area contributed by atoms with Crippen LogP contribution in [0.15, 0.2) is 0 Å². The van der Waals surface area contributed by atoms with Gasteiger partial charge in [-0.1, -0.05) is 26.7 Å². The fourth-order valence-corrected chi connectivity index (χ4v) is 4.37. The zero-order chi connectivity index (χ0) is 9.16. The Bertz CT molecular complexity index is 234. The molecule has 3 saturated carbocycles. The minimum absolute atomic E-state index is 0.748. The number of hydrogen-bond donors (Lipinski definition) is 0. The molecule has 2 atom stereocenters. The van der Waals surface area contributed by atoms with Gasteiger partial charge in [-0.15, -0.1) is 0 Å². The SMILES string of the molecule is CC1(CC23CCC2(C)C3)CCCC1. The Morgan fingerprint density at radius 1 is 0.923 bits per heavy atom. The fourth-order valence-electron chi connectivity index (χ4n) is 4.37. The van der Waals surface area contributed by atoms with Crippen molar-refractivity contribution in [3.8, 4) is 0 Å². The van der Waals surface area contributed by atoms with Gasteiger partial charge in [-0.25, -0.2) is 0 Å². The predicted molar refractivity (Wildman–Crippen MR) is 55.6 cm³/mol. The first-order valence-electron chi connectivity index (χ1n) is 6.08. The molecular formula is C13H22. The maximum atomic E-state index is 2.55. The monoisotopic (exact) mass is 178 g/mol. The molecular weight excluding hydrogens is 156 g/mol. The molecule has 0 bridgehead atoms. The van der Waals surface area contributed by atoms with Gasteiger partial charge in [0.1, 0.15) is 0 Å². The van der Waals surface area contributed by atoms with Gasteiger partial charge in [-0.05, 0) is 54.8 Å². The molecule has 0 aliphatic heterocycles. The van der Waals surface area contributed by atoms with Crippen LogP contribution in [0.3, 0.4) is 0 Å². The van der Waals surface area contributed by atoms with E-state index in [2.05, 4.69) is 13.8 Å². The summed E-state index contributed by atoms with van der Waals surface area (Å²) in [6.07, 6.45) is 12.3. The maximum Gasteiger partial charge on any atom is -0.0233 e. The zero-order valence-electron chi connectivity index (χ0n) is 9.16. The molecule has 13 heavy (non-hydrogen) atoms. The van der Waals surface area contributed by atoms with Crippen molar-refractivity contribution >= 4 is 0 Å². The highest BCUT2D eigenvalue weighted by molar-refractivity contribution is 5.20. The quantitative estimate of drug-likeness (QED) is 0.596. The molecule has 74 valence electrons. The smallest absolute Gasteiger partial charge is 0.0233 e. The predicted octanol–water partition coefficient (Wildman–Crippen LogP) is 4.15. The van der Waals surface area contributed by atoms with E-state index in [4.69, 9.17) is 0 Å². The van der Waals surface area contributed by atoms with E-state index in [9.17, 15) is 0 Å². The molecule has 0 heteroatoms. The van der Waals surface area contributed by atoms with Crippen LogP contribution in [0.1, 0.15) is 65.2 Å². The van der Waals surface area contributed by atoms with Gasteiger partial charge in [0.15, 0.2) is 0 Å². The molecule has 0 nitrogen and oxygen atoms in total. The first-order valence-corrected chi connectivity index (χ1v) is 6.08. The summed E-state index contributed by atoms with van der Waals surface area (Å²) in [6.45, 7) is 5.07. The van der Waals surface area contributed by atoms with Crippen LogP contribution in [0.2, 0.25) is 0 Å². The highest BCUT2D eigenvalue weighted by Crippen LogP contribution is 2.81. The van der Waals surface area contributed by atoms with Crippen molar-refractivity contribution in [2.24, 2.45) is 16.2 Å². The average molecular weight is 178 g/mol. The van der Waals surface area contributed by atoms with Crippen LogP contribution in [0.4, 0.5) is 0 Å². The van der Waals surface area contributed by atoms with Crippen molar-refractivity contribution in [2.45, 2.75) is 65.2 Å². The highest BCUT2D eigenvalue weighted by atomic mass is 14.8.